The monoisotopic (exact) mass is 353 g/mol. The van der Waals surface area contributed by atoms with E-state index in [1.807, 2.05) is 17.0 Å². The van der Waals surface area contributed by atoms with Gasteiger partial charge in [-0.05, 0) is 31.4 Å². The zero-order valence-electron chi connectivity index (χ0n) is 15.0. The van der Waals surface area contributed by atoms with Crippen molar-refractivity contribution in [1.82, 2.24) is 14.8 Å². The van der Waals surface area contributed by atoms with E-state index in [9.17, 15) is 14.4 Å². The van der Waals surface area contributed by atoms with Gasteiger partial charge in [0.2, 0.25) is 17.7 Å². The van der Waals surface area contributed by atoms with Crippen LogP contribution in [0.15, 0.2) is 24.3 Å². The molecular weight excluding hydrogens is 330 g/mol. The SMILES string of the molecule is CC1c2[nH]c3ccccc3c2CCN1C(=O)CCCN1C(=O)CCC1=O. The van der Waals surface area contributed by atoms with E-state index in [1.54, 1.807) is 0 Å². The van der Waals surface area contributed by atoms with Crippen LogP contribution in [0.1, 0.15) is 49.9 Å². The van der Waals surface area contributed by atoms with E-state index in [1.165, 1.54) is 15.8 Å². The Labute approximate surface area is 152 Å². The number of aromatic nitrogens is 1. The van der Waals surface area contributed by atoms with Gasteiger partial charge in [-0.1, -0.05) is 18.2 Å². The van der Waals surface area contributed by atoms with E-state index >= 15 is 0 Å². The van der Waals surface area contributed by atoms with E-state index in [2.05, 4.69) is 24.0 Å². The van der Waals surface area contributed by atoms with Crippen LogP contribution in [0.5, 0.6) is 0 Å². The Bertz CT molecular complexity index is 870. The van der Waals surface area contributed by atoms with Crippen LogP contribution >= 0.6 is 0 Å². The number of carbonyl (C=O) groups excluding carboxylic acids is 3. The number of rotatable bonds is 4. The lowest BCUT2D eigenvalue weighted by Crippen LogP contribution is -2.39. The molecule has 2 aromatic rings. The lowest BCUT2D eigenvalue weighted by molar-refractivity contribution is -0.140. The number of amides is 3. The van der Waals surface area contributed by atoms with Gasteiger partial charge in [0.05, 0.1) is 6.04 Å². The van der Waals surface area contributed by atoms with Crippen LogP contribution in [0.3, 0.4) is 0 Å². The van der Waals surface area contributed by atoms with E-state index in [4.69, 9.17) is 0 Å². The van der Waals surface area contributed by atoms with Crippen LogP contribution in [-0.4, -0.2) is 45.6 Å². The molecule has 26 heavy (non-hydrogen) atoms. The summed E-state index contributed by atoms with van der Waals surface area (Å²) in [5.74, 6) is -0.145. The zero-order chi connectivity index (χ0) is 18.3. The topological polar surface area (TPSA) is 73.5 Å². The summed E-state index contributed by atoms with van der Waals surface area (Å²) in [6.45, 7) is 3.11. The molecule has 136 valence electrons. The Morgan fingerprint density at radius 2 is 1.88 bits per heavy atom. The van der Waals surface area contributed by atoms with Crippen molar-refractivity contribution in [2.24, 2.45) is 0 Å². The number of imide groups is 1. The molecule has 0 saturated carbocycles. The van der Waals surface area contributed by atoms with Crippen LogP contribution in [0.4, 0.5) is 0 Å². The average Bonchev–Trinajstić information content (AvgIpc) is 3.17. The van der Waals surface area contributed by atoms with Gasteiger partial charge in [-0.2, -0.15) is 0 Å². The van der Waals surface area contributed by atoms with E-state index in [0.717, 1.165) is 17.6 Å². The molecule has 1 N–H and O–H groups in total. The predicted octanol–water partition coefficient (Wildman–Crippen LogP) is 2.54. The third-order valence-electron chi connectivity index (χ3n) is 5.58. The molecule has 3 amide bonds. The van der Waals surface area contributed by atoms with Gasteiger partial charge in [0.15, 0.2) is 0 Å². The fourth-order valence-corrected chi connectivity index (χ4v) is 4.17. The lowest BCUT2D eigenvalue weighted by Gasteiger charge is -2.34. The number of H-pyrrole nitrogens is 1. The first-order valence-electron chi connectivity index (χ1n) is 9.28. The molecule has 1 fully saturated rings. The Kier molecular flexibility index (Phi) is 4.26. The smallest absolute Gasteiger partial charge is 0.229 e. The first-order valence-corrected chi connectivity index (χ1v) is 9.28. The molecule has 0 spiro atoms. The van der Waals surface area contributed by atoms with Gasteiger partial charge < -0.3 is 9.88 Å². The fourth-order valence-electron chi connectivity index (χ4n) is 4.17. The largest absolute Gasteiger partial charge is 0.356 e. The molecule has 0 bridgehead atoms. The number of likely N-dealkylation sites (tertiary alicyclic amines) is 1. The van der Waals surface area contributed by atoms with Gasteiger partial charge in [-0.3, -0.25) is 19.3 Å². The maximum atomic E-state index is 12.7. The number of hydrogen-bond donors (Lipinski definition) is 1. The van der Waals surface area contributed by atoms with E-state index in [-0.39, 0.29) is 23.8 Å². The minimum Gasteiger partial charge on any atom is -0.356 e. The molecule has 1 aromatic heterocycles. The lowest BCUT2D eigenvalue weighted by atomic mass is 9.98. The van der Waals surface area contributed by atoms with Gasteiger partial charge in [-0.15, -0.1) is 0 Å². The number of aromatic amines is 1. The van der Waals surface area contributed by atoms with Gasteiger partial charge in [-0.25, -0.2) is 0 Å². The molecule has 4 rings (SSSR count). The van der Waals surface area contributed by atoms with E-state index < -0.39 is 0 Å². The number of nitrogens with zero attached hydrogens (tertiary/aromatic N) is 2. The first kappa shape index (κ1) is 16.8. The average molecular weight is 353 g/mol. The third-order valence-corrected chi connectivity index (χ3v) is 5.58. The normalized spacial score (nSPS) is 20.1. The van der Waals surface area contributed by atoms with Crippen LogP contribution < -0.4 is 0 Å². The third kappa shape index (κ3) is 2.79. The van der Waals surface area contributed by atoms with Crippen molar-refractivity contribution in [3.8, 4) is 0 Å². The van der Waals surface area contributed by atoms with Crippen molar-refractivity contribution in [3.05, 3.63) is 35.5 Å². The Balaban J connectivity index is 1.41. The molecule has 0 aliphatic carbocycles. The van der Waals surface area contributed by atoms with Crippen molar-refractivity contribution in [2.75, 3.05) is 13.1 Å². The molecule has 0 radical (unpaired) electrons. The standard InChI is InChI=1S/C20H23N3O3/c1-13-20-15(14-5-2-3-6-16(14)21-20)10-12-22(13)17(24)7-4-11-23-18(25)8-9-19(23)26/h2-3,5-6,13,21H,4,7-12H2,1H3. The van der Waals surface area contributed by atoms with Crippen LogP contribution in [0, 0.1) is 0 Å². The number of fused-ring (bicyclic) bond motifs is 3. The number of benzene rings is 1. The second-order valence-electron chi connectivity index (χ2n) is 7.12. The highest BCUT2D eigenvalue weighted by atomic mass is 16.2. The molecule has 2 aliphatic rings. The number of para-hydroxylation sites is 1. The fraction of sp³-hybridized carbons (Fsp3) is 0.450. The summed E-state index contributed by atoms with van der Waals surface area (Å²) < 4.78 is 0. The van der Waals surface area contributed by atoms with Gasteiger partial charge in [0.25, 0.3) is 0 Å². The second-order valence-corrected chi connectivity index (χ2v) is 7.12. The van der Waals surface area contributed by atoms with Crippen molar-refractivity contribution in [2.45, 2.75) is 45.1 Å². The summed E-state index contributed by atoms with van der Waals surface area (Å²) in [6, 6.07) is 8.25. The van der Waals surface area contributed by atoms with Crippen molar-refractivity contribution in [1.29, 1.82) is 0 Å². The highest BCUT2D eigenvalue weighted by molar-refractivity contribution is 6.01. The van der Waals surface area contributed by atoms with Crippen LogP contribution in [0.2, 0.25) is 0 Å². The van der Waals surface area contributed by atoms with Crippen molar-refractivity contribution in [3.63, 3.8) is 0 Å². The van der Waals surface area contributed by atoms with Crippen molar-refractivity contribution >= 4 is 28.6 Å². The Morgan fingerprint density at radius 3 is 2.65 bits per heavy atom. The summed E-state index contributed by atoms with van der Waals surface area (Å²) in [6.07, 6.45) is 2.34. The highest BCUT2D eigenvalue weighted by Gasteiger charge is 2.31. The molecule has 1 atom stereocenters. The molecular formula is C20H23N3O3. The molecule has 2 aliphatic heterocycles. The quantitative estimate of drug-likeness (QED) is 0.859. The summed E-state index contributed by atoms with van der Waals surface area (Å²) in [5.41, 5.74) is 3.55. The highest BCUT2D eigenvalue weighted by Crippen LogP contribution is 2.34. The van der Waals surface area contributed by atoms with E-state index in [0.29, 0.717) is 38.8 Å². The predicted molar refractivity (Wildman–Crippen MR) is 97.3 cm³/mol. The molecule has 6 nitrogen and oxygen atoms in total. The van der Waals surface area contributed by atoms with Crippen molar-refractivity contribution < 1.29 is 14.4 Å². The van der Waals surface area contributed by atoms with Crippen LogP contribution in [0.25, 0.3) is 10.9 Å². The molecule has 1 unspecified atom stereocenters. The summed E-state index contributed by atoms with van der Waals surface area (Å²) in [4.78, 5) is 42.7. The zero-order valence-corrected chi connectivity index (χ0v) is 15.0. The minimum absolute atomic E-state index is 0.00806. The maximum absolute atomic E-state index is 12.7. The van der Waals surface area contributed by atoms with Gasteiger partial charge in [0.1, 0.15) is 0 Å². The molecule has 1 saturated heterocycles. The molecule has 1 aromatic carbocycles. The Hall–Kier alpha value is -2.63. The number of carbonyl (C=O) groups is 3. The first-order chi connectivity index (χ1) is 12.6. The maximum Gasteiger partial charge on any atom is 0.229 e. The summed E-state index contributed by atoms with van der Waals surface area (Å²) >= 11 is 0. The number of nitrogens with one attached hydrogen (secondary N) is 1. The molecule has 3 heterocycles. The van der Waals surface area contributed by atoms with Crippen LogP contribution in [-0.2, 0) is 20.8 Å². The van der Waals surface area contributed by atoms with Gasteiger partial charge >= 0.3 is 0 Å². The summed E-state index contributed by atoms with van der Waals surface area (Å²) in [7, 11) is 0. The summed E-state index contributed by atoms with van der Waals surface area (Å²) in [5, 5.41) is 1.24. The number of hydrogen-bond acceptors (Lipinski definition) is 3. The van der Waals surface area contributed by atoms with Gasteiger partial charge in [0, 0.05) is 48.9 Å². The minimum atomic E-state index is -0.114. The molecule has 6 heteroatoms. The Morgan fingerprint density at radius 1 is 1.15 bits per heavy atom. The second kappa shape index (κ2) is 6.59.